The molecule has 0 aliphatic carbocycles. The van der Waals surface area contributed by atoms with Gasteiger partial charge in [-0.1, -0.05) is 31.6 Å². The minimum absolute atomic E-state index is 0.393. The molecule has 0 aromatic rings. The third-order valence-corrected chi connectivity index (χ3v) is 2.23. The van der Waals surface area contributed by atoms with Gasteiger partial charge in [0.1, 0.15) is 0 Å². The predicted octanol–water partition coefficient (Wildman–Crippen LogP) is 2.56. The molecule has 0 aromatic heterocycles. The Morgan fingerprint density at radius 1 is 1.13 bits per heavy atom. The first-order valence-electron chi connectivity index (χ1n) is 5.60. The second-order valence-electron chi connectivity index (χ2n) is 3.53. The zero-order valence-corrected chi connectivity index (χ0v) is 9.91. The Morgan fingerprint density at radius 3 is 2.13 bits per heavy atom. The molecule has 1 N–H and O–H groups in total. The zero-order chi connectivity index (χ0) is 11.5. The molecular formula is C13H24N2. The standard InChI is InChI=1S/C13H24N2/c1-5-9-13(14-10-6-2)15(11-7-3)12-8-4/h6-8,13-14H,2-5,9-12H2,1H3. The maximum Gasteiger partial charge on any atom is 0.0605 e. The first-order chi connectivity index (χ1) is 7.29. The van der Waals surface area contributed by atoms with Crippen molar-refractivity contribution in [2.45, 2.75) is 25.9 Å². The lowest BCUT2D eigenvalue weighted by atomic mass is 10.2. The summed E-state index contributed by atoms with van der Waals surface area (Å²) in [5.41, 5.74) is 0. The number of nitrogens with one attached hydrogen (secondary N) is 1. The average Bonchev–Trinajstić information content (AvgIpc) is 2.24. The van der Waals surface area contributed by atoms with Crippen LogP contribution in [0.15, 0.2) is 38.0 Å². The molecule has 0 amide bonds. The van der Waals surface area contributed by atoms with Gasteiger partial charge in [0.05, 0.1) is 6.17 Å². The molecule has 0 heterocycles. The molecule has 15 heavy (non-hydrogen) atoms. The Kier molecular flexibility index (Phi) is 9.13. The van der Waals surface area contributed by atoms with Crippen molar-refractivity contribution in [1.82, 2.24) is 10.2 Å². The SMILES string of the molecule is C=CCNC(CCC)N(CC=C)CC=C. The van der Waals surface area contributed by atoms with Gasteiger partial charge in [-0.2, -0.15) is 0 Å². The van der Waals surface area contributed by atoms with Crippen LogP contribution in [0.1, 0.15) is 19.8 Å². The summed E-state index contributed by atoms with van der Waals surface area (Å²) in [4.78, 5) is 2.33. The van der Waals surface area contributed by atoms with Crippen molar-refractivity contribution >= 4 is 0 Å². The van der Waals surface area contributed by atoms with Crippen LogP contribution in [-0.4, -0.2) is 30.7 Å². The molecule has 0 aliphatic heterocycles. The largest absolute Gasteiger partial charge is 0.298 e. The third-order valence-electron chi connectivity index (χ3n) is 2.23. The van der Waals surface area contributed by atoms with Gasteiger partial charge < -0.3 is 0 Å². The van der Waals surface area contributed by atoms with Gasteiger partial charge in [0, 0.05) is 19.6 Å². The molecule has 0 saturated heterocycles. The van der Waals surface area contributed by atoms with Crippen molar-refractivity contribution in [2.24, 2.45) is 0 Å². The monoisotopic (exact) mass is 208 g/mol. The van der Waals surface area contributed by atoms with E-state index in [1.807, 2.05) is 18.2 Å². The Hall–Kier alpha value is -0.860. The number of hydrogen-bond donors (Lipinski definition) is 1. The Morgan fingerprint density at radius 2 is 1.73 bits per heavy atom. The summed E-state index contributed by atoms with van der Waals surface area (Å²) < 4.78 is 0. The van der Waals surface area contributed by atoms with E-state index in [1.165, 1.54) is 6.42 Å². The van der Waals surface area contributed by atoms with Gasteiger partial charge in [-0.05, 0) is 6.42 Å². The fourth-order valence-electron chi connectivity index (χ4n) is 1.57. The quantitative estimate of drug-likeness (QED) is 0.438. The molecule has 0 aliphatic rings. The van der Waals surface area contributed by atoms with Crippen molar-refractivity contribution in [2.75, 3.05) is 19.6 Å². The highest BCUT2D eigenvalue weighted by Gasteiger charge is 2.13. The molecule has 0 rings (SSSR count). The first-order valence-corrected chi connectivity index (χ1v) is 5.60. The molecule has 0 bridgehead atoms. The average molecular weight is 208 g/mol. The summed E-state index contributed by atoms with van der Waals surface area (Å²) in [5, 5.41) is 3.45. The molecular weight excluding hydrogens is 184 g/mol. The van der Waals surface area contributed by atoms with Gasteiger partial charge in [-0.15, -0.1) is 19.7 Å². The highest BCUT2D eigenvalue weighted by molar-refractivity contribution is 4.85. The molecule has 0 radical (unpaired) electrons. The molecule has 2 heteroatoms. The van der Waals surface area contributed by atoms with Gasteiger partial charge in [-0.3, -0.25) is 10.2 Å². The Balaban J connectivity index is 4.26. The highest BCUT2D eigenvalue weighted by Crippen LogP contribution is 2.04. The van der Waals surface area contributed by atoms with Gasteiger partial charge in [-0.25, -0.2) is 0 Å². The van der Waals surface area contributed by atoms with Gasteiger partial charge >= 0.3 is 0 Å². The molecule has 0 aromatic carbocycles. The Bertz CT molecular complexity index is 177. The van der Waals surface area contributed by atoms with Crippen molar-refractivity contribution in [3.63, 3.8) is 0 Å². The lowest BCUT2D eigenvalue weighted by Crippen LogP contribution is -2.45. The summed E-state index contributed by atoms with van der Waals surface area (Å²) in [6.07, 6.45) is 8.45. The minimum atomic E-state index is 0.393. The summed E-state index contributed by atoms with van der Waals surface area (Å²) in [6.45, 7) is 16.1. The molecule has 0 saturated carbocycles. The second kappa shape index (κ2) is 9.69. The van der Waals surface area contributed by atoms with Gasteiger partial charge in [0.25, 0.3) is 0 Å². The maximum absolute atomic E-state index is 3.78. The topological polar surface area (TPSA) is 15.3 Å². The lowest BCUT2D eigenvalue weighted by molar-refractivity contribution is 0.194. The first kappa shape index (κ1) is 14.1. The molecule has 1 atom stereocenters. The number of nitrogens with zero attached hydrogens (tertiary/aromatic N) is 1. The fraction of sp³-hybridized carbons (Fsp3) is 0.538. The summed E-state index contributed by atoms with van der Waals surface area (Å²) in [7, 11) is 0. The van der Waals surface area contributed by atoms with Crippen LogP contribution in [-0.2, 0) is 0 Å². The van der Waals surface area contributed by atoms with E-state index in [0.717, 1.165) is 26.1 Å². The van der Waals surface area contributed by atoms with Gasteiger partial charge in [0.2, 0.25) is 0 Å². The Labute approximate surface area is 94.4 Å². The van der Waals surface area contributed by atoms with Crippen LogP contribution in [0.25, 0.3) is 0 Å². The summed E-state index contributed by atoms with van der Waals surface area (Å²) in [5.74, 6) is 0. The summed E-state index contributed by atoms with van der Waals surface area (Å²) >= 11 is 0. The lowest BCUT2D eigenvalue weighted by Gasteiger charge is -2.30. The maximum atomic E-state index is 3.78. The van der Waals surface area contributed by atoms with E-state index >= 15 is 0 Å². The van der Waals surface area contributed by atoms with Crippen LogP contribution in [0.2, 0.25) is 0 Å². The second-order valence-corrected chi connectivity index (χ2v) is 3.53. The molecule has 86 valence electrons. The third kappa shape index (κ3) is 6.26. The molecule has 2 nitrogen and oxygen atoms in total. The smallest absolute Gasteiger partial charge is 0.0605 e. The van der Waals surface area contributed by atoms with E-state index in [4.69, 9.17) is 0 Å². The van der Waals surface area contributed by atoms with Crippen LogP contribution >= 0.6 is 0 Å². The van der Waals surface area contributed by atoms with E-state index in [2.05, 4.69) is 36.9 Å². The normalized spacial score (nSPS) is 12.4. The van der Waals surface area contributed by atoms with E-state index in [1.54, 1.807) is 0 Å². The highest BCUT2D eigenvalue weighted by atomic mass is 15.3. The van der Waals surface area contributed by atoms with Crippen molar-refractivity contribution in [3.05, 3.63) is 38.0 Å². The fourth-order valence-corrected chi connectivity index (χ4v) is 1.57. The van der Waals surface area contributed by atoms with Crippen molar-refractivity contribution in [1.29, 1.82) is 0 Å². The number of hydrogen-bond acceptors (Lipinski definition) is 2. The molecule has 0 fully saturated rings. The summed E-state index contributed by atoms with van der Waals surface area (Å²) in [6, 6.07) is 0. The predicted molar refractivity (Wildman–Crippen MR) is 68.9 cm³/mol. The van der Waals surface area contributed by atoms with Gasteiger partial charge in [0.15, 0.2) is 0 Å². The molecule has 0 spiro atoms. The minimum Gasteiger partial charge on any atom is -0.298 e. The van der Waals surface area contributed by atoms with E-state index in [-0.39, 0.29) is 0 Å². The van der Waals surface area contributed by atoms with E-state index in [9.17, 15) is 0 Å². The van der Waals surface area contributed by atoms with Crippen LogP contribution in [0, 0.1) is 0 Å². The van der Waals surface area contributed by atoms with Crippen LogP contribution in [0.5, 0.6) is 0 Å². The zero-order valence-electron chi connectivity index (χ0n) is 9.91. The number of rotatable bonds is 10. The van der Waals surface area contributed by atoms with Crippen molar-refractivity contribution < 1.29 is 0 Å². The van der Waals surface area contributed by atoms with E-state index < -0.39 is 0 Å². The van der Waals surface area contributed by atoms with Crippen LogP contribution < -0.4 is 5.32 Å². The van der Waals surface area contributed by atoms with E-state index in [0.29, 0.717) is 6.17 Å². The molecule has 1 unspecified atom stereocenters. The van der Waals surface area contributed by atoms with Crippen LogP contribution in [0.4, 0.5) is 0 Å². The van der Waals surface area contributed by atoms with Crippen molar-refractivity contribution in [3.8, 4) is 0 Å². The van der Waals surface area contributed by atoms with Crippen LogP contribution in [0.3, 0.4) is 0 Å².